The minimum atomic E-state index is -0.573. The van der Waals surface area contributed by atoms with Gasteiger partial charge in [0, 0.05) is 9.79 Å². The van der Waals surface area contributed by atoms with E-state index in [2.05, 4.69) is 0 Å². The van der Waals surface area contributed by atoms with Gasteiger partial charge in [0.25, 0.3) is 5.56 Å². The molecule has 1 aliphatic rings. The smallest absolute Gasteiger partial charge is 0.336 e. The SMILES string of the molecule is O=c1c2cccc3c2n(c(=O)n1CCO)-c1cc(F)ccc1S3. The molecule has 2 aromatic carbocycles. The molecule has 0 fully saturated rings. The van der Waals surface area contributed by atoms with Crippen LogP contribution in [0.4, 0.5) is 4.39 Å². The molecule has 2 heterocycles. The van der Waals surface area contributed by atoms with E-state index in [0.717, 1.165) is 14.4 Å². The van der Waals surface area contributed by atoms with E-state index in [4.69, 9.17) is 5.11 Å². The highest BCUT2D eigenvalue weighted by atomic mass is 32.2. The Labute approximate surface area is 133 Å². The van der Waals surface area contributed by atoms with Crippen molar-refractivity contribution < 1.29 is 9.50 Å². The van der Waals surface area contributed by atoms with Crippen LogP contribution in [0, 0.1) is 5.82 Å². The number of nitrogens with zero attached hydrogens (tertiary/aromatic N) is 2. The first kappa shape index (κ1) is 14.2. The molecule has 0 spiro atoms. The summed E-state index contributed by atoms with van der Waals surface area (Å²) < 4.78 is 16.0. The summed E-state index contributed by atoms with van der Waals surface area (Å²) in [6.07, 6.45) is 0. The lowest BCUT2D eigenvalue weighted by Crippen LogP contribution is -2.41. The summed E-state index contributed by atoms with van der Waals surface area (Å²) in [7, 11) is 0. The Balaban J connectivity index is 2.25. The quantitative estimate of drug-likeness (QED) is 0.608. The molecule has 1 aromatic heterocycles. The third-order valence-electron chi connectivity index (χ3n) is 3.83. The molecule has 0 saturated carbocycles. The zero-order chi connectivity index (χ0) is 16.1. The molecule has 0 atom stereocenters. The van der Waals surface area contributed by atoms with Gasteiger partial charge >= 0.3 is 5.69 Å². The van der Waals surface area contributed by atoms with Crippen LogP contribution < -0.4 is 11.2 Å². The summed E-state index contributed by atoms with van der Waals surface area (Å²) in [4.78, 5) is 26.8. The summed E-state index contributed by atoms with van der Waals surface area (Å²) >= 11 is 1.40. The first-order valence-electron chi connectivity index (χ1n) is 6.99. The average Bonchev–Trinajstić information content (AvgIpc) is 2.55. The van der Waals surface area contributed by atoms with E-state index in [1.165, 1.54) is 28.5 Å². The van der Waals surface area contributed by atoms with E-state index < -0.39 is 17.1 Å². The molecule has 0 amide bonds. The Morgan fingerprint density at radius 1 is 1.13 bits per heavy atom. The van der Waals surface area contributed by atoms with Crippen LogP contribution in [-0.4, -0.2) is 20.8 Å². The molecule has 0 unspecified atom stereocenters. The zero-order valence-corrected chi connectivity index (χ0v) is 12.6. The maximum absolute atomic E-state index is 13.7. The number of aromatic nitrogens is 2. The van der Waals surface area contributed by atoms with Crippen molar-refractivity contribution in [2.24, 2.45) is 0 Å². The fraction of sp³-hybridized carbons (Fsp3) is 0.125. The molecule has 116 valence electrons. The van der Waals surface area contributed by atoms with E-state index >= 15 is 0 Å². The van der Waals surface area contributed by atoms with Crippen molar-refractivity contribution in [2.75, 3.05) is 6.61 Å². The fourth-order valence-electron chi connectivity index (χ4n) is 2.85. The number of para-hydroxylation sites is 1. The monoisotopic (exact) mass is 330 g/mol. The maximum Gasteiger partial charge on any atom is 0.336 e. The number of fused-ring (bicyclic) bond motifs is 2. The first-order chi connectivity index (χ1) is 11.1. The van der Waals surface area contributed by atoms with Crippen molar-refractivity contribution in [1.82, 2.24) is 9.13 Å². The van der Waals surface area contributed by atoms with E-state index in [9.17, 15) is 14.0 Å². The summed E-state index contributed by atoms with van der Waals surface area (Å²) in [6.45, 7) is -0.430. The van der Waals surface area contributed by atoms with Crippen LogP contribution in [0.3, 0.4) is 0 Å². The molecule has 0 radical (unpaired) electrons. The highest BCUT2D eigenvalue weighted by Crippen LogP contribution is 2.40. The Kier molecular flexibility index (Phi) is 3.14. The van der Waals surface area contributed by atoms with Crippen LogP contribution in [0.1, 0.15) is 0 Å². The van der Waals surface area contributed by atoms with Gasteiger partial charge in [-0.3, -0.25) is 13.9 Å². The molecular formula is C16H11FN2O3S. The third-order valence-corrected chi connectivity index (χ3v) is 4.94. The van der Waals surface area contributed by atoms with Gasteiger partial charge in [0.05, 0.1) is 29.7 Å². The first-order valence-corrected chi connectivity index (χ1v) is 7.80. The van der Waals surface area contributed by atoms with E-state index in [0.29, 0.717) is 16.6 Å². The molecule has 23 heavy (non-hydrogen) atoms. The fourth-order valence-corrected chi connectivity index (χ4v) is 3.92. The van der Waals surface area contributed by atoms with Gasteiger partial charge in [-0.15, -0.1) is 0 Å². The molecule has 1 aliphatic heterocycles. The molecule has 1 N–H and O–H groups in total. The zero-order valence-electron chi connectivity index (χ0n) is 11.8. The summed E-state index contributed by atoms with van der Waals surface area (Å²) in [5.41, 5.74) is -0.121. The van der Waals surface area contributed by atoms with Crippen LogP contribution in [0.2, 0.25) is 0 Å². The van der Waals surface area contributed by atoms with Crippen molar-refractivity contribution >= 4 is 22.7 Å². The van der Waals surface area contributed by atoms with Gasteiger partial charge in [-0.1, -0.05) is 17.8 Å². The van der Waals surface area contributed by atoms with Gasteiger partial charge in [0.1, 0.15) is 5.82 Å². The van der Waals surface area contributed by atoms with Gasteiger partial charge < -0.3 is 5.11 Å². The molecular weight excluding hydrogens is 319 g/mol. The second-order valence-electron chi connectivity index (χ2n) is 5.16. The van der Waals surface area contributed by atoms with Gasteiger partial charge in [0.2, 0.25) is 0 Å². The number of aliphatic hydroxyl groups is 1. The van der Waals surface area contributed by atoms with E-state index in [-0.39, 0.29) is 13.2 Å². The summed E-state index contributed by atoms with van der Waals surface area (Å²) in [6, 6.07) is 9.45. The van der Waals surface area contributed by atoms with Crippen molar-refractivity contribution in [2.45, 2.75) is 16.3 Å². The van der Waals surface area contributed by atoms with Crippen molar-refractivity contribution in [3.05, 3.63) is 63.1 Å². The number of hydrogen-bond donors (Lipinski definition) is 1. The minimum absolute atomic E-state index is 0.102. The Hall–Kier alpha value is -2.38. The molecule has 0 saturated heterocycles. The Morgan fingerprint density at radius 3 is 2.74 bits per heavy atom. The van der Waals surface area contributed by atoms with Gasteiger partial charge in [-0.05, 0) is 30.3 Å². The highest BCUT2D eigenvalue weighted by molar-refractivity contribution is 7.99. The predicted octanol–water partition coefficient (Wildman–Crippen LogP) is 1.75. The maximum atomic E-state index is 13.7. The molecule has 0 aliphatic carbocycles. The Morgan fingerprint density at radius 2 is 1.96 bits per heavy atom. The number of rotatable bonds is 2. The lowest BCUT2D eigenvalue weighted by Gasteiger charge is -2.22. The number of benzene rings is 2. The summed E-state index contributed by atoms with van der Waals surface area (Å²) in [5, 5.41) is 9.51. The summed E-state index contributed by atoms with van der Waals surface area (Å²) in [5.74, 6) is -0.455. The number of halogens is 1. The minimum Gasteiger partial charge on any atom is -0.395 e. The number of hydrogen-bond acceptors (Lipinski definition) is 4. The predicted molar refractivity (Wildman–Crippen MR) is 85.0 cm³/mol. The lowest BCUT2D eigenvalue weighted by molar-refractivity contribution is 0.271. The largest absolute Gasteiger partial charge is 0.395 e. The van der Waals surface area contributed by atoms with Gasteiger partial charge in [-0.2, -0.15) is 0 Å². The second-order valence-corrected chi connectivity index (χ2v) is 6.25. The molecule has 0 bridgehead atoms. The van der Waals surface area contributed by atoms with Crippen molar-refractivity contribution in [1.29, 1.82) is 0 Å². The average molecular weight is 330 g/mol. The molecule has 7 heteroatoms. The van der Waals surface area contributed by atoms with Crippen LogP contribution in [-0.2, 0) is 6.54 Å². The molecule has 3 aromatic rings. The van der Waals surface area contributed by atoms with Crippen molar-refractivity contribution in [3.8, 4) is 5.69 Å². The van der Waals surface area contributed by atoms with E-state index in [1.807, 2.05) is 6.07 Å². The standard InChI is InChI=1S/C16H11FN2O3S/c17-9-4-5-12-11(8-9)19-14-10(2-1-3-13(14)23-12)15(21)18(6-7-20)16(19)22/h1-5,8,20H,6-7H2. The highest BCUT2D eigenvalue weighted by Gasteiger charge is 2.23. The molecule has 4 rings (SSSR count). The van der Waals surface area contributed by atoms with Crippen LogP contribution in [0.15, 0.2) is 55.8 Å². The van der Waals surface area contributed by atoms with E-state index in [1.54, 1.807) is 18.2 Å². The van der Waals surface area contributed by atoms with Crippen LogP contribution in [0.25, 0.3) is 16.6 Å². The van der Waals surface area contributed by atoms with Crippen LogP contribution in [0.5, 0.6) is 0 Å². The van der Waals surface area contributed by atoms with Crippen LogP contribution >= 0.6 is 11.8 Å². The lowest BCUT2D eigenvalue weighted by atomic mass is 10.2. The van der Waals surface area contributed by atoms with Crippen molar-refractivity contribution in [3.63, 3.8) is 0 Å². The number of aliphatic hydroxyl groups excluding tert-OH is 1. The molecule has 5 nitrogen and oxygen atoms in total. The Bertz CT molecular complexity index is 1070. The second kappa shape index (κ2) is 5.07. The topological polar surface area (TPSA) is 64.2 Å². The normalized spacial score (nSPS) is 12.4. The third kappa shape index (κ3) is 1.97. The van der Waals surface area contributed by atoms with Gasteiger partial charge in [0.15, 0.2) is 0 Å². The van der Waals surface area contributed by atoms with Gasteiger partial charge in [-0.25, -0.2) is 9.18 Å².